The second kappa shape index (κ2) is 6.97. The average Bonchev–Trinajstić information content (AvgIpc) is 2.39. The summed E-state index contributed by atoms with van der Waals surface area (Å²) >= 11 is 0. The van der Waals surface area contributed by atoms with Crippen molar-refractivity contribution in [3.05, 3.63) is 42.3 Å². The second-order valence-electron chi connectivity index (χ2n) is 3.95. The Morgan fingerprint density at radius 1 is 1.63 bits per heavy atom. The van der Waals surface area contributed by atoms with Gasteiger partial charge in [-0.25, -0.2) is 9.98 Å². The van der Waals surface area contributed by atoms with E-state index in [1.807, 2.05) is 19.9 Å². The molecule has 0 saturated heterocycles. The summed E-state index contributed by atoms with van der Waals surface area (Å²) in [4.78, 5) is 8.20. The molecule has 0 amide bonds. The largest absolute Gasteiger partial charge is 0.489 e. The number of ether oxygens (including phenoxy) is 1. The number of pyridine rings is 1. The van der Waals surface area contributed by atoms with E-state index in [1.54, 1.807) is 18.4 Å². The van der Waals surface area contributed by atoms with Crippen LogP contribution in [0, 0.1) is 11.3 Å². The van der Waals surface area contributed by atoms with Crippen LogP contribution in [0.25, 0.3) is 0 Å². The third kappa shape index (κ3) is 4.28. The van der Waals surface area contributed by atoms with Gasteiger partial charge in [-0.3, -0.25) is 0 Å². The predicted molar refractivity (Wildman–Crippen MR) is 75.3 cm³/mol. The van der Waals surface area contributed by atoms with Crippen molar-refractivity contribution in [1.29, 1.82) is 5.26 Å². The third-order valence-electron chi connectivity index (χ3n) is 2.11. The van der Waals surface area contributed by atoms with E-state index in [1.165, 1.54) is 12.4 Å². The minimum Gasteiger partial charge on any atom is -0.489 e. The fourth-order valence-electron chi connectivity index (χ4n) is 1.24. The number of nitriles is 1. The predicted octanol–water partition coefficient (Wildman–Crippen LogP) is 2.47. The number of hydrogen-bond acceptors (Lipinski definition) is 5. The lowest BCUT2D eigenvalue weighted by molar-refractivity contribution is 0.241. The molecular weight excluding hydrogens is 240 g/mol. The first kappa shape index (κ1) is 14.5. The molecule has 0 spiro atoms. The van der Waals surface area contributed by atoms with Gasteiger partial charge in [-0.05, 0) is 13.8 Å². The summed E-state index contributed by atoms with van der Waals surface area (Å²) in [6.07, 6.45) is 5.92. The van der Waals surface area contributed by atoms with Crippen LogP contribution in [0.5, 0.6) is 5.75 Å². The Morgan fingerprint density at radius 2 is 2.37 bits per heavy atom. The van der Waals surface area contributed by atoms with E-state index in [9.17, 15) is 0 Å². The first-order valence-electron chi connectivity index (χ1n) is 5.76. The highest BCUT2D eigenvalue weighted by atomic mass is 16.5. The Balaban J connectivity index is 3.05. The molecule has 1 heterocycles. The molecule has 0 aliphatic carbocycles. The van der Waals surface area contributed by atoms with Crippen LogP contribution in [0.2, 0.25) is 0 Å². The molecule has 0 fully saturated rings. The Kier molecular flexibility index (Phi) is 5.30. The van der Waals surface area contributed by atoms with Crippen molar-refractivity contribution < 1.29 is 4.74 Å². The van der Waals surface area contributed by atoms with Crippen molar-refractivity contribution >= 4 is 12.0 Å². The molecule has 1 rings (SSSR count). The highest BCUT2D eigenvalue weighted by Crippen LogP contribution is 2.23. The minimum absolute atomic E-state index is 0.0287. The van der Waals surface area contributed by atoms with Gasteiger partial charge in [0.2, 0.25) is 0 Å². The van der Waals surface area contributed by atoms with Crippen molar-refractivity contribution in [1.82, 2.24) is 4.98 Å². The van der Waals surface area contributed by atoms with Gasteiger partial charge in [0.25, 0.3) is 0 Å². The Morgan fingerprint density at radius 3 is 2.89 bits per heavy atom. The van der Waals surface area contributed by atoms with E-state index >= 15 is 0 Å². The first-order chi connectivity index (χ1) is 9.10. The summed E-state index contributed by atoms with van der Waals surface area (Å²) in [5.41, 5.74) is 6.43. The lowest BCUT2D eigenvalue weighted by Gasteiger charge is -2.10. The lowest BCUT2D eigenvalue weighted by Crippen LogP contribution is -2.06. The Labute approximate surface area is 112 Å². The van der Waals surface area contributed by atoms with Gasteiger partial charge in [0.05, 0.1) is 12.3 Å². The van der Waals surface area contributed by atoms with Gasteiger partial charge in [-0.15, -0.1) is 0 Å². The molecular formula is C14H16N4O. The molecule has 0 bridgehead atoms. The monoisotopic (exact) mass is 256 g/mol. The van der Waals surface area contributed by atoms with E-state index in [0.29, 0.717) is 22.7 Å². The molecule has 0 saturated carbocycles. The molecule has 98 valence electrons. The highest BCUT2D eigenvalue weighted by Gasteiger charge is 2.07. The normalized spacial score (nSPS) is 11.6. The van der Waals surface area contributed by atoms with Gasteiger partial charge in [0.15, 0.2) is 5.82 Å². The zero-order valence-electron chi connectivity index (χ0n) is 11.0. The second-order valence-corrected chi connectivity index (χ2v) is 3.95. The van der Waals surface area contributed by atoms with Crippen molar-refractivity contribution in [2.24, 2.45) is 10.7 Å². The summed E-state index contributed by atoms with van der Waals surface area (Å²) in [6.45, 7) is 7.37. The van der Waals surface area contributed by atoms with Gasteiger partial charge in [-0.1, -0.05) is 12.7 Å². The third-order valence-corrected chi connectivity index (χ3v) is 2.11. The number of nitrogens with two attached hydrogens (primary N) is 1. The first-order valence-corrected chi connectivity index (χ1v) is 5.76. The topological polar surface area (TPSA) is 84.3 Å². The van der Waals surface area contributed by atoms with Gasteiger partial charge in [0.1, 0.15) is 17.4 Å². The van der Waals surface area contributed by atoms with E-state index in [0.717, 1.165) is 0 Å². The Bertz CT molecular complexity index is 553. The van der Waals surface area contributed by atoms with Crippen LogP contribution in [0.4, 0.5) is 5.82 Å². The molecule has 5 nitrogen and oxygen atoms in total. The zero-order chi connectivity index (χ0) is 14.3. The van der Waals surface area contributed by atoms with Crippen LogP contribution in [0.1, 0.15) is 19.4 Å². The van der Waals surface area contributed by atoms with Crippen LogP contribution in [0.15, 0.2) is 41.7 Å². The molecule has 0 atom stereocenters. The van der Waals surface area contributed by atoms with Crippen LogP contribution in [0.3, 0.4) is 0 Å². The van der Waals surface area contributed by atoms with Gasteiger partial charge >= 0.3 is 0 Å². The van der Waals surface area contributed by atoms with Crippen molar-refractivity contribution in [2.75, 3.05) is 0 Å². The average molecular weight is 256 g/mol. The highest BCUT2D eigenvalue weighted by molar-refractivity contribution is 5.83. The quantitative estimate of drug-likeness (QED) is 0.647. The fourth-order valence-corrected chi connectivity index (χ4v) is 1.24. The molecule has 5 heteroatoms. The maximum Gasteiger partial charge on any atom is 0.155 e. The van der Waals surface area contributed by atoms with Crippen LogP contribution in [-0.2, 0) is 0 Å². The molecule has 0 unspecified atom stereocenters. The van der Waals surface area contributed by atoms with E-state index in [2.05, 4.69) is 16.6 Å². The smallest absolute Gasteiger partial charge is 0.155 e. The molecule has 0 aliphatic heterocycles. The SMILES string of the molecule is C=CC(C=Nc1cc(OC(C)C)c(C#N)cn1)=CN. The number of nitrogens with zero attached hydrogens (tertiary/aromatic N) is 3. The zero-order valence-corrected chi connectivity index (χ0v) is 11.0. The number of aliphatic imine (C=N–C) groups is 1. The number of rotatable bonds is 5. The maximum atomic E-state index is 8.97. The summed E-state index contributed by atoms with van der Waals surface area (Å²) in [5.74, 6) is 0.910. The molecule has 0 radical (unpaired) electrons. The number of aromatic nitrogens is 1. The number of hydrogen-bond donors (Lipinski definition) is 1. The van der Waals surface area contributed by atoms with Gasteiger partial charge < -0.3 is 10.5 Å². The van der Waals surface area contributed by atoms with Gasteiger partial charge in [-0.2, -0.15) is 5.26 Å². The molecule has 19 heavy (non-hydrogen) atoms. The maximum absolute atomic E-state index is 8.97. The molecule has 2 N–H and O–H groups in total. The fraction of sp³-hybridized carbons (Fsp3) is 0.214. The van der Waals surface area contributed by atoms with Crippen molar-refractivity contribution in [2.45, 2.75) is 20.0 Å². The van der Waals surface area contributed by atoms with Crippen molar-refractivity contribution in [3.8, 4) is 11.8 Å². The standard InChI is InChI=1S/C14H16N4O/c1-4-11(6-15)8-17-14-5-13(19-10(2)3)12(7-16)9-18-14/h4-6,8-10H,1,15H2,2-3H3. The minimum atomic E-state index is -0.0287. The lowest BCUT2D eigenvalue weighted by atomic mass is 10.2. The van der Waals surface area contributed by atoms with Crippen LogP contribution in [-0.4, -0.2) is 17.3 Å². The van der Waals surface area contributed by atoms with E-state index in [-0.39, 0.29) is 6.10 Å². The van der Waals surface area contributed by atoms with E-state index < -0.39 is 0 Å². The van der Waals surface area contributed by atoms with Crippen LogP contribution < -0.4 is 10.5 Å². The van der Waals surface area contributed by atoms with E-state index in [4.69, 9.17) is 15.7 Å². The van der Waals surface area contributed by atoms with Crippen molar-refractivity contribution in [3.63, 3.8) is 0 Å². The summed E-state index contributed by atoms with van der Waals surface area (Å²) in [6, 6.07) is 3.65. The van der Waals surface area contributed by atoms with Crippen LogP contribution >= 0.6 is 0 Å². The van der Waals surface area contributed by atoms with Gasteiger partial charge in [0, 0.05) is 24.1 Å². The Hall–Kier alpha value is -2.61. The number of allylic oxidation sites excluding steroid dienone is 2. The molecule has 1 aromatic rings. The molecule has 0 aromatic carbocycles. The summed E-state index contributed by atoms with van der Waals surface area (Å²) in [7, 11) is 0. The summed E-state index contributed by atoms with van der Waals surface area (Å²) in [5, 5.41) is 8.97. The molecule has 1 aromatic heterocycles. The summed E-state index contributed by atoms with van der Waals surface area (Å²) < 4.78 is 5.54. The molecule has 0 aliphatic rings.